The Kier molecular flexibility index (Phi) is 4.01. The van der Waals surface area contributed by atoms with Gasteiger partial charge in [0.25, 0.3) is 0 Å². The predicted molar refractivity (Wildman–Crippen MR) is 57.3 cm³/mol. The Morgan fingerprint density at radius 1 is 1.09 bits per heavy atom. The maximum atomic E-state index is 5.55. The van der Waals surface area contributed by atoms with E-state index < -0.39 is 16.4 Å². The molecule has 0 saturated carbocycles. The van der Waals surface area contributed by atoms with Crippen molar-refractivity contribution in [3.05, 3.63) is 0 Å². The van der Waals surface area contributed by atoms with E-state index in [0.29, 0.717) is 0 Å². The molecule has 0 N–H and O–H groups in total. The van der Waals surface area contributed by atoms with Gasteiger partial charge in [0.1, 0.15) is 0 Å². The van der Waals surface area contributed by atoms with Crippen molar-refractivity contribution < 1.29 is 4.43 Å². The van der Waals surface area contributed by atoms with E-state index in [1.807, 2.05) is 7.11 Å². The summed E-state index contributed by atoms with van der Waals surface area (Å²) in [5.41, 5.74) is 1.40. The van der Waals surface area contributed by atoms with Crippen molar-refractivity contribution in [2.24, 2.45) is 0 Å². The third kappa shape index (κ3) is 4.77. The van der Waals surface area contributed by atoms with Crippen LogP contribution in [0.3, 0.4) is 0 Å². The van der Waals surface area contributed by atoms with Crippen LogP contribution in [0, 0.1) is 0 Å². The zero-order chi connectivity index (χ0) is 9.12. The summed E-state index contributed by atoms with van der Waals surface area (Å²) in [6, 6.07) is 1.38. The van der Waals surface area contributed by atoms with Gasteiger partial charge in [0.2, 0.25) is 0 Å². The van der Waals surface area contributed by atoms with Crippen LogP contribution in [0.25, 0.3) is 0 Å². The molecule has 0 saturated heterocycles. The lowest BCUT2D eigenvalue weighted by Crippen LogP contribution is -2.40. The monoisotopic (exact) mass is 190 g/mol. The van der Waals surface area contributed by atoms with Crippen molar-refractivity contribution in [2.45, 2.75) is 44.8 Å². The molecule has 0 unspecified atom stereocenters. The van der Waals surface area contributed by atoms with Gasteiger partial charge in [-0.05, 0) is 18.8 Å². The number of hydrogen-bond acceptors (Lipinski definition) is 1. The summed E-state index contributed by atoms with van der Waals surface area (Å²) in [4.78, 5) is 0. The highest BCUT2D eigenvalue weighted by atomic mass is 28.4. The lowest BCUT2D eigenvalue weighted by molar-refractivity contribution is 0.408. The van der Waals surface area contributed by atoms with Crippen molar-refractivity contribution in [2.75, 3.05) is 7.11 Å². The minimum atomic E-state index is -1.27. The highest BCUT2D eigenvalue weighted by Crippen LogP contribution is 2.22. The largest absolute Gasteiger partial charge is 0.421 e. The molecular formula is C8H22OSi2. The molecule has 0 spiro atoms. The first-order valence-electron chi connectivity index (χ1n) is 4.38. The molecular weight excluding hydrogens is 168 g/mol. The zero-order valence-corrected chi connectivity index (χ0v) is 10.8. The molecule has 0 aliphatic rings. The molecule has 0 aliphatic carbocycles. The van der Waals surface area contributed by atoms with Gasteiger partial charge in [-0.15, -0.1) is 0 Å². The summed E-state index contributed by atoms with van der Waals surface area (Å²) in [6.07, 6.45) is 0. The molecule has 0 aromatic heterocycles. The summed E-state index contributed by atoms with van der Waals surface area (Å²) < 4.78 is 5.55. The van der Waals surface area contributed by atoms with Gasteiger partial charge in [-0.25, -0.2) is 0 Å². The van der Waals surface area contributed by atoms with Crippen LogP contribution in [-0.4, -0.2) is 23.5 Å². The lowest BCUT2D eigenvalue weighted by atomic mass is 11.0. The Labute approximate surface area is 73.3 Å². The Morgan fingerprint density at radius 3 is 1.82 bits per heavy atom. The van der Waals surface area contributed by atoms with Gasteiger partial charge >= 0.3 is 0 Å². The number of rotatable bonds is 4. The van der Waals surface area contributed by atoms with E-state index in [4.69, 9.17) is 4.43 Å². The van der Waals surface area contributed by atoms with Crippen LogP contribution in [0.15, 0.2) is 0 Å². The van der Waals surface area contributed by atoms with Gasteiger partial charge < -0.3 is 4.43 Å². The topological polar surface area (TPSA) is 9.23 Å². The van der Waals surface area contributed by atoms with Crippen LogP contribution in [0.2, 0.25) is 37.9 Å². The minimum Gasteiger partial charge on any atom is -0.421 e. The van der Waals surface area contributed by atoms with Crippen LogP contribution < -0.4 is 0 Å². The van der Waals surface area contributed by atoms with Gasteiger partial charge in [-0.2, -0.15) is 0 Å². The molecule has 11 heavy (non-hydrogen) atoms. The maximum absolute atomic E-state index is 5.55. The van der Waals surface area contributed by atoms with E-state index in [0.717, 1.165) is 0 Å². The van der Waals surface area contributed by atoms with Crippen molar-refractivity contribution >= 4 is 16.4 Å². The van der Waals surface area contributed by atoms with Gasteiger partial charge in [0.05, 0.1) is 0 Å². The van der Waals surface area contributed by atoms with E-state index in [1.165, 1.54) is 11.7 Å². The predicted octanol–water partition coefficient (Wildman–Crippen LogP) is 3.11. The normalized spacial score (nSPS) is 13.6. The fourth-order valence-electron chi connectivity index (χ4n) is 1.35. The highest BCUT2D eigenvalue weighted by Gasteiger charge is 2.30. The maximum Gasteiger partial charge on any atom is 0.183 e. The average molecular weight is 190 g/mol. The minimum absolute atomic E-state index is 0.897. The second-order valence-electron chi connectivity index (χ2n) is 4.66. The van der Waals surface area contributed by atoms with Crippen molar-refractivity contribution in [3.63, 3.8) is 0 Å². The van der Waals surface area contributed by atoms with E-state index in [1.54, 1.807) is 0 Å². The standard InChI is InChI=1S/C8H22OSi2/c1-7-10(3,4)8-11(5,6)9-2/h7-8H2,1-6H3. The molecule has 0 fully saturated rings. The van der Waals surface area contributed by atoms with Gasteiger partial charge in [-0.1, -0.05) is 26.1 Å². The molecule has 1 nitrogen and oxygen atoms in total. The Hall–Kier alpha value is 0.394. The van der Waals surface area contributed by atoms with Crippen molar-refractivity contribution in [1.82, 2.24) is 0 Å². The summed E-state index contributed by atoms with van der Waals surface area (Å²) in [7, 11) is -0.301. The van der Waals surface area contributed by atoms with Gasteiger partial charge in [-0.3, -0.25) is 0 Å². The molecule has 3 heteroatoms. The lowest BCUT2D eigenvalue weighted by Gasteiger charge is -2.29. The molecule has 0 amide bonds. The van der Waals surface area contributed by atoms with Gasteiger partial charge in [0.15, 0.2) is 8.32 Å². The summed E-state index contributed by atoms with van der Waals surface area (Å²) in [6.45, 7) is 11.9. The zero-order valence-electron chi connectivity index (χ0n) is 8.82. The molecule has 68 valence electrons. The second-order valence-corrected chi connectivity index (χ2v) is 15.0. The molecule has 0 atom stereocenters. The quantitative estimate of drug-likeness (QED) is 0.619. The second kappa shape index (κ2) is 3.87. The highest BCUT2D eigenvalue weighted by molar-refractivity contribution is 6.92. The van der Waals surface area contributed by atoms with E-state index >= 15 is 0 Å². The first-order valence-corrected chi connectivity index (χ1v) is 10.9. The van der Waals surface area contributed by atoms with E-state index in [-0.39, 0.29) is 0 Å². The number of hydrogen-bond donors (Lipinski definition) is 0. The van der Waals surface area contributed by atoms with Crippen LogP contribution in [0.4, 0.5) is 0 Å². The van der Waals surface area contributed by atoms with Crippen LogP contribution in [0.5, 0.6) is 0 Å². The smallest absolute Gasteiger partial charge is 0.183 e. The summed E-state index contributed by atoms with van der Waals surface area (Å²) >= 11 is 0. The first kappa shape index (κ1) is 11.4. The molecule has 0 aliphatic heterocycles. The summed E-state index contributed by atoms with van der Waals surface area (Å²) in [5, 5.41) is 0. The SMILES string of the molecule is CC[Si](C)(C)C[Si](C)(C)OC. The first-order chi connectivity index (χ1) is 4.83. The van der Waals surface area contributed by atoms with Crippen LogP contribution in [-0.2, 0) is 4.43 Å². The van der Waals surface area contributed by atoms with Crippen molar-refractivity contribution in [3.8, 4) is 0 Å². The summed E-state index contributed by atoms with van der Waals surface area (Å²) in [5.74, 6) is 0. The van der Waals surface area contributed by atoms with Crippen molar-refractivity contribution in [1.29, 1.82) is 0 Å². The third-order valence-corrected chi connectivity index (χ3v) is 12.7. The molecule has 0 rings (SSSR count). The molecule has 0 heterocycles. The molecule has 0 radical (unpaired) electrons. The fourth-order valence-corrected chi connectivity index (χ4v) is 12.1. The van der Waals surface area contributed by atoms with Gasteiger partial charge in [0, 0.05) is 15.2 Å². The molecule has 0 bridgehead atoms. The molecule has 0 aromatic rings. The Morgan fingerprint density at radius 2 is 1.55 bits per heavy atom. The fraction of sp³-hybridized carbons (Fsp3) is 1.00. The third-order valence-electron chi connectivity index (χ3n) is 2.41. The van der Waals surface area contributed by atoms with Crippen LogP contribution >= 0.6 is 0 Å². The van der Waals surface area contributed by atoms with E-state index in [9.17, 15) is 0 Å². The Bertz CT molecular complexity index is 107. The van der Waals surface area contributed by atoms with E-state index in [2.05, 4.69) is 33.1 Å². The Balaban J connectivity index is 4.02. The molecule has 0 aromatic carbocycles. The van der Waals surface area contributed by atoms with Crippen LogP contribution in [0.1, 0.15) is 6.92 Å². The average Bonchev–Trinajstić information content (AvgIpc) is 1.86.